The summed E-state index contributed by atoms with van der Waals surface area (Å²) >= 11 is 1.48. The minimum atomic E-state index is -1.20. The van der Waals surface area contributed by atoms with Crippen LogP contribution in [0.25, 0.3) is 0 Å². The maximum Gasteiger partial charge on any atom is 0.332 e. The molecule has 2 aromatic rings. The van der Waals surface area contributed by atoms with Crippen molar-refractivity contribution < 1.29 is 23.8 Å². The highest BCUT2D eigenvalue weighted by Crippen LogP contribution is 2.52. The molecule has 0 spiro atoms. The van der Waals surface area contributed by atoms with Crippen LogP contribution in [-0.4, -0.2) is 53.2 Å². The molecular weight excluding hydrogens is 524 g/mol. The number of thiazole rings is 1. The second-order valence-corrected chi connectivity index (χ2v) is 14.0. The predicted molar refractivity (Wildman–Crippen MR) is 160 cm³/mol. The Labute approximate surface area is 243 Å². The fourth-order valence-corrected chi connectivity index (χ4v) is 6.49. The maximum atomic E-state index is 14.7. The molecule has 0 aliphatic carbocycles. The number of benzene rings is 1. The van der Waals surface area contributed by atoms with Gasteiger partial charge in [0.15, 0.2) is 0 Å². The smallest absolute Gasteiger partial charge is 0.332 e. The van der Waals surface area contributed by atoms with Gasteiger partial charge in [0, 0.05) is 23.1 Å². The third-order valence-corrected chi connectivity index (χ3v) is 7.90. The van der Waals surface area contributed by atoms with Crippen LogP contribution >= 0.6 is 11.3 Å². The van der Waals surface area contributed by atoms with Gasteiger partial charge in [-0.2, -0.15) is 0 Å². The Balaban J connectivity index is 2.25. The second kappa shape index (κ2) is 12.4. The first-order chi connectivity index (χ1) is 18.6. The van der Waals surface area contributed by atoms with E-state index >= 15 is 0 Å². The van der Waals surface area contributed by atoms with Gasteiger partial charge in [-0.15, -0.1) is 17.9 Å². The van der Waals surface area contributed by atoms with Gasteiger partial charge < -0.3 is 19.1 Å². The normalized spacial score (nSPS) is 21.5. The predicted octanol–water partition coefficient (Wildman–Crippen LogP) is 6.98. The molecule has 7 nitrogen and oxygen atoms in total. The van der Waals surface area contributed by atoms with Crippen LogP contribution in [0, 0.1) is 11.8 Å². The molecule has 0 saturated carbocycles. The summed E-state index contributed by atoms with van der Waals surface area (Å²) in [4.78, 5) is 35.3. The van der Waals surface area contributed by atoms with Crippen LogP contribution in [0.5, 0.6) is 5.75 Å². The van der Waals surface area contributed by atoms with Crippen LogP contribution in [-0.2, 0) is 19.7 Å². The maximum absolute atomic E-state index is 14.7. The Kier molecular flexibility index (Phi) is 9.89. The molecule has 1 aliphatic rings. The van der Waals surface area contributed by atoms with Crippen molar-refractivity contribution in [3.05, 3.63) is 58.6 Å². The highest BCUT2D eigenvalue weighted by molar-refractivity contribution is 7.09. The van der Waals surface area contributed by atoms with E-state index in [0.717, 1.165) is 10.6 Å². The van der Waals surface area contributed by atoms with Crippen LogP contribution < -0.4 is 4.74 Å². The Hall–Kier alpha value is -2.71. The number of likely N-dealkylation sites (tertiary alicyclic amines) is 1. The third-order valence-electron chi connectivity index (χ3n) is 7.06. The van der Waals surface area contributed by atoms with Crippen molar-refractivity contribution >= 4 is 23.2 Å². The number of hydrogen-bond acceptors (Lipinski definition) is 7. The molecule has 3 rings (SSSR count). The standard InChI is InChI=1S/C32H46N2O5S/c1-11-15-38-20-23-19-32(18-21(2)3,29(36)39-31(7,8)9)34(26(23)27-33-14-16-40-27)28(35)22-12-13-24(30(4,5)6)25(17-22)37-10/h11-14,16-17,21,23,26H,1,15,18-20H2,2-10H3/t23-,26+,32-/m0/s1. The first kappa shape index (κ1) is 31.8. The summed E-state index contributed by atoms with van der Waals surface area (Å²) in [6.07, 6.45) is 4.30. The average molecular weight is 571 g/mol. The molecule has 220 valence electrons. The summed E-state index contributed by atoms with van der Waals surface area (Å²) in [5.41, 5.74) is -0.638. The molecule has 8 heteroatoms. The molecule has 0 unspecified atom stereocenters. The number of esters is 1. The van der Waals surface area contributed by atoms with Gasteiger partial charge in [-0.25, -0.2) is 9.78 Å². The minimum Gasteiger partial charge on any atom is -0.496 e. The van der Waals surface area contributed by atoms with Crippen molar-refractivity contribution in [1.82, 2.24) is 9.88 Å². The zero-order valence-corrected chi connectivity index (χ0v) is 26.4. The molecule has 1 saturated heterocycles. The fraction of sp³-hybridized carbons (Fsp3) is 0.594. The van der Waals surface area contributed by atoms with Crippen LogP contribution in [0.4, 0.5) is 0 Å². The number of methoxy groups -OCH3 is 1. The average Bonchev–Trinajstić information content (AvgIpc) is 3.48. The van der Waals surface area contributed by atoms with E-state index in [2.05, 4.69) is 46.2 Å². The van der Waals surface area contributed by atoms with Crippen molar-refractivity contribution in [2.45, 2.75) is 90.8 Å². The number of aromatic nitrogens is 1. The van der Waals surface area contributed by atoms with Crippen molar-refractivity contribution in [2.24, 2.45) is 11.8 Å². The number of hydrogen-bond donors (Lipinski definition) is 0. The third kappa shape index (κ3) is 6.95. The summed E-state index contributed by atoms with van der Waals surface area (Å²) in [6, 6.07) is 5.11. The Morgan fingerprint density at radius 2 is 1.93 bits per heavy atom. The Morgan fingerprint density at radius 1 is 1.23 bits per heavy atom. The second-order valence-electron chi connectivity index (χ2n) is 13.1. The van der Waals surface area contributed by atoms with Crippen LogP contribution in [0.3, 0.4) is 0 Å². The van der Waals surface area contributed by atoms with Gasteiger partial charge in [-0.1, -0.05) is 46.8 Å². The quantitative estimate of drug-likeness (QED) is 0.174. The van der Waals surface area contributed by atoms with Crippen molar-refractivity contribution in [3.63, 3.8) is 0 Å². The van der Waals surface area contributed by atoms with Gasteiger partial charge in [0.2, 0.25) is 0 Å². The summed E-state index contributed by atoms with van der Waals surface area (Å²) in [6.45, 7) is 20.5. The summed E-state index contributed by atoms with van der Waals surface area (Å²) in [5, 5.41) is 2.67. The fourth-order valence-electron chi connectivity index (χ4n) is 5.67. The molecular formula is C32H46N2O5S. The molecule has 0 bridgehead atoms. The number of nitrogens with zero attached hydrogens (tertiary/aromatic N) is 2. The van der Waals surface area contributed by atoms with Crippen LogP contribution in [0.2, 0.25) is 0 Å². The number of rotatable bonds is 10. The first-order valence-corrected chi connectivity index (χ1v) is 14.9. The van der Waals surface area contributed by atoms with Gasteiger partial charge in [0.1, 0.15) is 21.9 Å². The lowest BCUT2D eigenvalue weighted by Crippen LogP contribution is -2.56. The number of carbonyl (C=O) groups is 2. The Bertz CT molecular complexity index is 1180. The molecule has 1 aliphatic heterocycles. The van der Waals surface area contributed by atoms with Crippen LogP contribution in [0.15, 0.2) is 42.4 Å². The zero-order valence-electron chi connectivity index (χ0n) is 25.6. The first-order valence-electron chi connectivity index (χ1n) is 14.0. The van der Waals surface area contributed by atoms with E-state index in [0.29, 0.717) is 37.4 Å². The van der Waals surface area contributed by atoms with E-state index in [1.54, 1.807) is 30.3 Å². The van der Waals surface area contributed by atoms with Crippen LogP contribution in [0.1, 0.15) is 95.2 Å². The summed E-state index contributed by atoms with van der Waals surface area (Å²) in [5.74, 6) is -0.0618. The summed E-state index contributed by atoms with van der Waals surface area (Å²) in [7, 11) is 1.61. The molecule has 1 aromatic carbocycles. The minimum absolute atomic E-state index is 0.116. The van der Waals surface area contributed by atoms with E-state index in [1.165, 1.54) is 11.3 Å². The molecule has 1 fully saturated rings. The number of ether oxygens (including phenoxy) is 3. The highest BCUT2D eigenvalue weighted by Gasteiger charge is 2.60. The summed E-state index contributed by atoms with van der Waals surface area (Å²) < 4.78 is 17.7. The molecule has 2 heterocycles. The van der Waals surface area contributed by atoms with E-state index < -0.39 is 23.2 Å². The molecule has 40 heavy (non-hydrogen) atoms. The van der Waals surface area contributed by atoms with E-state index in [-0.39, 0.29) is 23.2 Å². The van der Waals surface area contributed by atoms with Crippen molar-refractivity contribution in [3.8, 4) is 5.75 Å². The molecule has 3 atom stereocenters. The van der Waals surface area contributed by atoms with Gasteiger partial charge in [-0.3, -0.25) is 4.79 Å². The number of amides is 1. The lowest BCUT2D eigenvalue weighted by molar-refractivity contribution is -0.168. The molecule has 1 aromatic heterocycles. The van der Waals surface area contributed by atoms with E-state index in [4.69, 9.17) is 14.2 Å². The Morgan fingerprint density at radius 3 is 2.45 bits per heavy atom. The van der Waals surface area contributed by atoms with Crippen molar-refractivity contribution in [2.75, 3.05) is 20.3 Å². The van der Waals surface area contributed by atoms with Gasteiger partial charge in [0.25, 0.3) is 5.91 Å². The molecule has 0 N–H and O–H groups in total. The van der Waals surface area contributed by atoms with Gasteiger partial charge >= 0.3 is 5.97 Å². The topological polar surface area (TPSA) is 78.0 Å². The largest absolute Gasteiger partial charge is 0.496 e. The highest BCUT2D eigenvalue weighted by atomic mass is 32.1. The lowest BCUT2D eigenvalue weighted by Gasteiger charge is -2.41. The SMILES string of the molecule is C=CCOC[C@@H]1C[C@@](CC(C)C)(C(=O)OC(C)(C)C)N(C(=O)c2ccc(C(C)(C)C)c(OC)c2)[C@H]1c1nccs1. The van der Waals surface area contributed by atoms with Crippen molar-refractivity contribution in [1.29, 1.82) is 0 Å². The zero-order chi connectivity index (χ0) is 29.9. The lowest BCUT2D eigenvalue weighted by atomic mass is 9.83. The number of carbonyl (C=O) groups excluding carboxylic acids is 2. The van der Waals surface area contributed by atoms with Gasteiger partial charge in [0.05, 0.1) is 26.4 Å². The van der Waals surface area contributed by atoms with E-state index in [1.807, 2.05) is 38.3 Å². The van der Waals surface area contributed by atoms with E-state index in [9.17, 15) is 9.59 Å². The monoisotopic (exact) mass is 570 g/mol. The molecule has 0 radical (unpaired) electrons. The van der Waals surface area contributed by atoms with Gasteiger partial charge in [-0.05, 0) is 62.6 Å². The molecule has 1 amide bonds.